The molecule has 2 aliphatic rings. The third-order valence-electron chi connectivity index (χ3n) is 7.02. The Morgan fingerprint density at radius 3 is 2.31 bits per heavy atom. The number of aryl methyl sites for hydroxylation is 1. The first kappa shape index (κ1) is 23.0. The Hall–Kier alpha value is -2.22. The van der Waals surface area contributed by atoms with Crippen molar-refractivity contribution in [2.75, 3.05) is 33.3 Å². The average Bonchev–Trinajstić information content (AvgIpc) is 2.84. The first-order valence-electron chi connectivity index (χ1n) is 11.3. The molecular weight excluding hydrogens is 424 g/mol. The minimum Gasteiger partial charge on any atom is -0.373 e. The van der Waals surface area contributed by atoms with Crippen molar-refractivity contribution in [3.8, 4) is 0 Å². The van der Waals surface area contributed by atoms with E-state index in [2.05, 4.69) is 19.1 Å². The third kappa shape index (κ3) is 4.34. The van der Waals surface area contributed by atoms with Gasteiger partial charge in [0.15, 0.2) is 0 Å². The number of rotatable bonds is 5. The van der Waals surface area contributed by atoms with E-state index in [1.54, 1.807) is 37.4 Å². The minimum absolute atomic E-state index is 0.0625. The number of benzene rings is 2. The third-order valence-corrected chi connectivity index (χ3v) is 8.90. The van der Waals surface area contributed by atoms with E-state index in [-0.39, 0.29) is 28.9 Å². The fourth-order valence-corrected chi connectivity index (χ4v) is 6.66. The summed E-state index contributed by atoms with van der Waals surface area (Å²) in [5.74, 6) is -0.233. The molecule has 2 heterocycles. The number of ether oxygens (including phenoxy) is 1. The van der Waals surface area contributed by atoms with Gasteiger partial charge in [-0.2, -0.15) is 4.31 Å². The smallest absolute Gasteiger partial charge is 0.243 e. The zero-order chi connectivity index (χ0) is 22.8. The van der Waals surface area contributed by atoms with Crippen LogP contribution in [0.5, 0.6) is 0 Å². The van der Waals surface area contributed by atoms with Crippen molar-refractivity contribution in [2.45, 2.75) is 43.1 Å². The normalized spacial score (nSPS) is 21.9. The summed E-state index contributed by atoms with van der Waals surface area (Å²) in [6.45, 7) is 4.03. The average molecular weight is 457 g/mol. The molecule has 1 amide bonds. The maximum atomic E-state index is 13.3. The molecule has 7 heteroatoms. The van der Waals surface area contributed by atoms with E-state index >= 15 is 0 Å². The van der Waals surface area contributed by atoms with Crippen LogP contribution in [-0.2, 0) is 25.2 Å². The van der Waals surface area contributed by atoms with Crippen LogP contribution in [0.15, 0.2) is 59.5 Å². The van der Waals surface area contributed by atoms with Crippen molar-refractivity contribution in [1.29, 1.82) is 0 Å². The molecule has 0 bridgehead atoms. The van der Waals surface area contributed by atoms with Crippen LogP contribution in [0.4, 0.5) is 0 Å². The number of carbonyl (C=O) groups is 1. The van der Waals surface area contributed by atoms with Crippen LogP contribution in [0, 0.1) is 12.8 Å². The van der Waals surface area contributed by atoms with Crippen LogP contribution in [0.25, 0.3) is 0 Å². The molecule has 0 spiro atoms. The maximum Gasteiger partial charge on any atom is 0.243 e. The number of amides is 1. The zero-order valence-corrected chi connectivity index (χ0v) is 19.7. The van der Waals surface area contributed by atoms with Gasteiger partial charge in [-0.3, -0.25) is 4.79 Å². The molecule has 4 rings (SSSR count). The molecule has 0 saturated carbocycles. The number of hydrogen-bond acceptors (Lipinski definition) is 4. The van der Waals surface area contributed by atoms with Gasteiger partial charge in [0.05, 0.1) is 16.4 Å². The number of hydrogen-bond donors (Lipinski definition) is 0. The number of nitrogens with zero attached hydrogens (tertiary/aromatic N) is 2. The topological polar surface area (TPSA) is 66.9 Å². The Balaban J connectivity index is 1.44. The second kappa shape index (κ2) is 9.33. The predicted molar refractivity (Wildman–Crippen MR) is 124 cm³/mol. The Morgan fingerprint density at radius 1 is 1.00 bits per heavy atom. The summed E-state index contributed by atoms with van der Waals surface area (Å²) in [5, 5.41) is 0. The Morgan fingerprint density at radius 2 is 1.66 bits per heavy atom. The molecule has 2 fully saturated rings. The second-order valence-corrected chi connectivity index (χ2v) is 10.8. The summed E-state index contributed by atoms with van der Waals surface area (Å²) in [7, 11) is -1.83. The molecule has 2 aromatic rings. The summed E-state index contributed by atoms with van der Waals surface area (Å²) in [6.07, 6.45) is 2.89. The minimum atomic E-state index is -3.58. The van der Waals surface area contributed by atoms with Crippen molar-refractivity contribution in [3.05, 3.63) is 65.7 Å². The molecule has 2 aromatic carbocycles. The van der Waals surface area contributed by atoms with Crippen LogP contribution in [-0.4, -0.2) is 56.8 Å². The van der Waals surface area contributed by atoms with Crippen molar-refractivity contribution in [2.24, 2.45) is 5.92 Å². The molecule has 0 N–H and O–H groups in total. The molecule has 32 heavy (non-hydrogen) atoms. The SMILES string of the molecule is COC1(c2ccccc2C)CCN(C(=O)C2CCCN(S(=O)(=O)c3ccccc3)C2)CC1. The molecule has 1 unspecified atom stereocenters. The van der Waals surface area contributed by atoms with Gasteiger partial charge in [-0.05, 0) is 55.9 Å². The molecule has 2 saturated heterocycles. The molecule has 0 aliphatic carbocycles. The highest BCUT2D eigenvalue weighted by molar-refractivity contribution is 7.89. The van der Waals surface area contributed by atoms with Gasteiger partial charge in [0.25, 0.3) is 0 Å². The molecule has 0 radical (unpaired) electrons. The van der Waals surface area contributed by atoms with Gasteiger partial charge in [-0.15, -0.1) is 0 Å². The van der Waals surface area contributed by atoms with Gasteiger partial charge in [0.2, 0.25) is 15.9 Å². The van der Waals surface area contributed by atoms with E-state index in [1.807, 2.05) is 17.0 Å². The maximum absolute atomic E-state index is 13.3. The second-order valence-electron chi connectivity index (χ2n) is 8.85. The number of sulfonamides is 1. The van der Waals surface area contributed by atoms with E-state index in [1.165, 1.54) is 15.4 Å². The number of carbonyl (C=O) groups excluding carboxylic acids is 1. The molecule has 6 nitrogen and oxygen atoms in total. The van der Waals surface area contributed by atoms with E-state index in [9.17, 15) is 13.2 Å². The fourth-order valence-electron chi connectivity index (χ4n) is 5.12. The molecule has 1 atom stereocenters. The standard InChI is InChI=1S/C25H32N2O4S/c1-20-9-6-7-13-23(20)25(31-2)14-17-26(18-15-25)24(28)21-10-8-16-27(19-21)32(29,30)22-11-4-3-5-12-22/h3-7,9,11-13,21H,8,10,14-19H2,1-2H3. The fraction of sp³-hybridized carbons (Fsp3) is 0.480. The highest BCUT2D eigenvalue weighted by Crippen LogP contribution is 2.38. The lowest BCUT2D eigenvalue weighted by Gasteiger charge is -2.43. The number of piperidine rings is 2. The van der Waals surface area contributed by atoms with Gasteiger partial charge < -0.3 is 9.64 Å². The van der Waals surface area contributed by atoms with E-state index in [0.29, 0.717) is 26.1 Å². The quantitative estimate of drug-likeness (QED) is 0.690. The Bertz CT molecular complexity index is 1050. The highest BCUT2D eigenvalue weighted by Gasteiger charge is 2.41. The van der Waals surface area contributed by atoms with E-state index in [0.717, 1.165) is 19.3 Å². The van der Waals surface area contributed by atoms with Gasteiger partial charge in [-0.1, -0.05) is 42.5 Å². The van der Waals surface area contributed by atoms with Crippen LogP contribution >= 0.6 is 0 Å². The van der Waals surface area contributed by atoms with Crippen LogP contribution in [0.2, 0.25) is 0 Å². The lowest BCUT2D eigenvalue weighted by molar-refractivity contribution is -0.142. The molecule has 0 aromatic heterocycles. The molecule has 2 aliphatic heterocycles. The Labute approximate surface area is 191 Å². The van der Waals surface area contributed by atoms with Crippen LogP contribution in [0.3, 0.4) is 0 Å². The first-order valence-corrected chi connectivity index (χ1v) is 12.8. The van der Waals surface area contributed by atoms with Gasteiger partial charge >= 0.3 is 0 Å². The Kier molecular flexibility index (Phi) is 6.70. The number of likely N-dealkylation sites (tertiary alicyclic amines) is 1. The lowest BCUT2D eigenvalue weighted by atomic mass is 9.81. The van der Waals surface area contributed by atoms with E-state index in [4.69, 9.17) is 4.74 Å². The summed E-state index contributed by atoms with van der Waals surface area (Å²) in [5.41, 5.74) is 2.01. The summed E-state index contributed by atoms with van der Waals surface area (Å²) in [4.78, 5) is 15.5. The van der Waals surface area contributed by atoms with Crippen LogP contribution in [0.1, 0.15) is 36.8 Å². The van der Waals surface area contributed by atoms with Crippen molar-refractivity contribution in [1.82, 2.24) is 9.21 Å². The predicted octanol–water partition coefficient (Wildman–Crippen LogP) is 3.56. The summed E-state index contributed by atoms with van der Waals surface area (Å²) < 4.78 is 33.5. The molecule has 172 valence electrons. The van der Waals surface area contributed by atoms with Gasteiger partial charge in [0, 0.05) is 33.3 Å². The molecular formula is C25H32N2O4S. The van der Waals surface area contributed by atoms with Gasteiger partial charge in [-0.25, -0.2) is 8.42 Å². The first-order chi connectivity index (χ1) is 15.4. The van der Waals surface area contributed by atoms with Crippen LogP contribution < -0.4 is 0 Å². The lowest BCUT2D eigenvalue weighted by Crippen LogP contribution is -2.51. The number of methoxy groups -OCH3 is 1. The summed E-state index contributed by atoms with van der Waals surface area (Å²) in [6, 6.07) is 16.7. The van der Waals surface area contributed by atoms with Crippen molar-refractivity contribution < 1.29 is 17.9 Å². The van der Waals surface area contributed by atoms with E-state index < -0.39 is 10.0 Å². The van der Waals surface area contributed by atoms with Gasteiger partial charge in [0.1, 0.15) is 0 Å². The zero-order valence-electron chi connectivity index (χ0n) is 18.9. The highest BCUT2D eigenvalue weighted by atomic mass is 32.2. The largest absolute Gasteiger partial charge is 0.373 e. The van der Waals surface area contributed by atoms with Crippen molar-refractivity contribution in [3.63, 3.8) is 0 Å². The summed E-state index contributed by atoms with van der Waals surface area (Å²) >= 11 is 0. The monoisotopic (exact) mass is 456 g/mol. The van der Waals surface area contributed by atoms with Crippen molar-refractivity contribution >= 4 is 15.9 Å².